The molecule has 0 radical (unpaired) electrons. The highest BCUT2D eigenvalue weighted by atomic mass is 79.9. The molecule has 0 unspecified atom stereocenters. The van der Waals surface area contributed by atoms with Crippen LogP contribution in [-0.2, 0) is 16.0 Å². The Morgan fingerprint density at radius 3 is 2.49 bits per heavy atom. The summed E-state index contributed by atoms with van der Waals surface area (Å²) in [7, 11) is 1.56. The maximum atomic E-state index is 12.7. The summed E-state index contributed by atoms with van der Waals surface area (Å²) in [4.78, 5) is 24.5. The minimum atomic E-state index is -0.577. The molecule has 0 fully saturated rings. The van der Waals surface area contributed by atoms with E-state index in [4.69, 9.17) is 21.1 Å². The van der Waals surface area contributed by atoms with E-state index in [9.17, 15) is 14.9 Å². The average Bonchev–Trinajstić information content (AvgIpc) is 2.85. The first-order valence-electron chi connectivity index (χ1n) is 10.7. The van der Waals surface area contributed by atoms with E-state index in [2.05, 4.69) is 21.2 Å². The molecule has 0 aliphatic heterocycles. The predicted molar refractivity (Wildman–Crippen MR) is 140 cm³/mol. The molecule has 35 heavy (non-hydrogen) atoms. The van der Waals surface area contributed by atoms with Crippen molar-refractivity contribution in [2.75, 3.05) is 19.0 Å². The molecule has 0 aromatic heterocycles. The average molecular weight is 554 g/mol. The fraction of sp³-hybridized carbons (Fsp3) is 0.148. The molecule has 3 aromatic carbocycles. The summed E-state index contributed by atoms with van der Waals surface area (Å²) < 4.78 is 11.3. The highest BCUT2D eigenvalue weighted by molar-refractivity contribution is 9.10. The molecule has 0 aliphatic carbocycles. The monoisotopic (exact) mass is 552 g/mol. The normalized spacial score (nSPS) is 10.9. The fourth-order valence-electron chi connectivity index (χ4n) is 3.32. The number of rotatable bonds is 8. The first-order valence-corrected chi connectivity index (χ1v) is 11.8. The minimum absolute atomic E-state index is 0.0905. The second-order valence-electron chi connectivity index (χ2n) is 7.37. The van der Waals surface area contributed by atoms with E-state index in [0.717, 1.165) is 15.6 Å². The van der Waals surface area contributed by atoms with Crippen LogP contribution in [0.25, 0.3) is 6.08 Å². The highest BCUT2D eigenvalue weighted by Crippen LogP contribution is 2.33. The Bertz CT molecular complexity index is 1310. The van der Waals surface area contributed by atoms with Crippen LogP contribution in [-0.4, -0.2) is 25.6 Å². The third-order valence-electron chi connectivity index (χ3n) is 5.05. The number of hydrogen-bond donors (Lipinski definition) is 1. The Kier molecular flexibility index (Phi) is 9.07. The Morgan fingerprint density at radius 1 is 1.14 bits per heavy atom. The smallest absolute Gasteiger partial charge is 0.338 e. The van der Waals surface area contributed by atoms with Gasteiger partial charge < -0.3 is 14.8 Å². The first kappa shape index (κ1) is 26.0. The van der Waals surface area contributed by atoms with Gasteiger partial charge in [-0.2, -0.15) is 5.26 Å². The number of nitrogens with zero attached hydrogens (tertiary/aromatic N) is 1. The molecule has 8 heteroatoms. The zero-order valence-electron chi connectivity index (χ0n) is 19.1. The summed E-state index contributed by atoms with van der Waals surface area (Å²) in [6.45, 7) is 2.00. The summed E-state index contributed by atoms with van der Waals surface area (Å²) in [5, 5.41) is 12.9. The van der Waals surface area contributed by atoms with Crippen LogP contribution in [0.1, 0.15) is 34.0 Å². The van der Waals surface area contributed by atoms with E-state index in [1.165, 1.54) is 6.08 Å². The molecule has 3 aromatic rings. The van der Waals surface area contributed by atoms with Gasteiger partial charge in [0.05, 0.1) is 19.3 Å². The number of methoxy groups -OCH3 is 1. The number of benzene rings is 3. The largest absolute Gasteiger partial charge is 0.496 e. The number of carbonyl (C=O) groups excluding carboxylic acids is 2. The molecular weight excluding hydrogens is 532 g/mol. The molecule has 178 valence electrons. The number of ether oxygens (including phenoxy) is 2. The van der Waals surface area contributed by atoms with Crippen molar-refractivity contribution in [3.05, 3.63) is 98.0 Å². The lowest BCUT2D eigenvalue weighted by Gasteiger charge is -2.13. The van der Waals surface area contributed by atoms with Gasteiger partial charge in [0.25, 0.3) is 5.91 Å². The van der Waals surface area contributed by atoms with Crippen LogP contribution in [0, 0.1) is 11.3 Å². The lowest BCUT2D eigenvalue weighted by Crippen LogP contribution is -2.13. The van der Waals surface area contributed by atoms with E-state index in [0.29, 0.717) is 34.0 Å². The van der Waals surface area contributed by atoms with Crippen LogP contribution in [0.15, 0.2) is 70.7 Å². The highest BCUT2D eigenvalue weighted by Gasteiger charge is 2.15. The molecule has 6 nitrogen and oxygen atoms in total. The number of hydrogen-bond acceptors (Lipinski definition) is 5. The number of nitriles is 1. The van der Waals surface area contributed by atoms with Crippen LogP contribution in [0.4, 0.5) is 5.69 Å². The standard InChI is InChI=1S/C27H22BrClN2O4/c1-3-35-27(33)18-8-10-21(11-9-18)31-26(32)20(16-30)12-17-13-23(28)22(25(14-17)34-2)15-19-6-4-5-7-24(19)29/h4-14H,3,15H2,1-2H3,(H,31,32)/b20-12+. The molecule has 0 atom stereocenters. The molecule has 1 N–H and O–H groups in total. The minimum Gasteiger partial charge on any atom is -0.496 e. The van der Waals surface area contributed by atoms with Crippen LogP contribution in [0.3, 0.4) is 0 Å². The summed E-state index contributed by atoms with van der Waals surface area (Å²) >= 11 is 9.89. The summed E-state index contributed by atoms with van der Waals surface area (Å²) in [6.07, 6.45) is 2.02. The summed E-state index contributed by atoms with van der Waals surface area (Å²) in [5.41, 5.74) is 3.17. The van der Waals surface area contributed by atoms with Crippen LogP contribution >= 0.6 is 27.5 Å². The third kappa shape index (κ3) is 6.72. The Morgan fingerprint density at radius 2 is 1.86 bits per heavy atom. The zero-order chi connectivity index (χ0) is 25.4. The number of esters is 1. The zero-order valence-corrected chi connectivity index (χ0v) is 21.4. The van der Waals surface area contributed by atoms with Crippen molar-refractivity contribution in [1.82, 2.24) is 0 Å². The molecule has 0 heterocycles. The fourth-order valence-corrected chi connectivity index (χ4v) is 4.12. The maximum absolute atomic E-state index is 12.7. The van der Waals surface area contributed by atoms with Crippen molar-refractivity contribution < 1.29 is 19.1 Å². The van der Waals surface area contributed by atoms with Gasteiger partial charge in [0.2, 0.25) is 0 Å². The second-order valence-corrected chi connectivity index (χ2v) is 8.64. The van der Waals surface area contributed by atoms with Crippen molar-refractivity contribution in [1.29, 1.82) is 5.26 Å². The lowest BCUT2D eigenvalue weighted by atomic mass is 10.0. The maximum Gasteiger partial charge on any atom is 0.338 e. The van der Waals surface area contributed by atoms with Crippen LogP contribution < -0.4 is 10.1 Å². The Labute approximate surface area is 217 Å². The summed E-state index contributed by atoms with van der Waals surface area (Å²) in [6, 6.07) is 19.3. The van der Waals surface area contributed by atoms with E-state index in [1.807, 2.05) is 36.4 Å². The van der Waals surface area contributed by atoms with Crippen molar-refractivity contribution in [2.24, 2.45) is 0 Å². The summed E-state index contributed by atoms with van der Waals surface area (Å²) in [5.74, 6) is -0.426. The SMILES string of the molecule is CCOC(=O)c1ccc(NC(=O)/C(C#N)=C/c2cc(Br)c(Cc3ccccc3Cl)c(OC)c2)cc1. The van der Waals surface area contributed by atoms with Gasteiger partial charge >= 0.3 is 5.97 Å². The second kappa shape index (κ2) is 12.2. The van der Waals surface area contributed by atoms with E-state index < -0.39 is 11.9 Å². The molecule has 0 saturated carbocycles. The van der Waals surface area contributed by atoms with Gasteiger partial charge in [-0.25, -0.2) is 4.79 Å². The molecule has 0 saturated heterocycles. The van der Waals surface area contributed by atoms with Gasteiger partial charge in [-0.15, -0.1) is 0 Å². The van der Waals surface area contributed by atoms with Gasteiger partial charge in [0.15, 0.2) is 0 Å². The third-order valence-corrected chi connectivity index (χ3v) is 6.13. The van der Waals surface area contributed by atoms with Gasteiger partial charge in [-0.1, -0.05) is 45.7 Å². The number of nitrogens with one attached hydrogen (secondary N) is 1. The van der Waals surface area contributed by atoms with Crippen molar-refractivity contribution in [2.45, 2.75) is 13.3 Å². The Hall–Kier alpha value is -3.60. The topological polar surface area (TPSA) is 88.4 Å². The molecule has 0 spiro atoms. The van der Waals surface area contributed by atoms with Gasteiger partial charge in [0.1, 0.15) is 17.4 Å². The molecular formula is C27H22BrClN2O4. The molecule has 1 amide bonds. The van der Waals surface area contributed by atoms with E-state index >= 15 is 0 Å². The Balaban J connectivity index is 1.82. The van der Waals surface area contributed by atoms with Gasteiger partial charge in [-0.05, 0) is 66.6 Å². The van der Waals surface area contributed by atoms with E-state index in [-0.39, 0.29) is 12.2 Å². The van der Waals surface area contributed by atoms with Gasteiger partial charge in [-0.3, -0.25) is 4.79 Å². The van der Waals surface area contributed by atoms with Crippen molar-refractivity contribution >= 4 is 51.2 Å². The number of halogens is 2. The van der Waals surface area contributed by atoms with Crippen LogP contribution in [0.5, 0.6) is 5.75 Å². The van der Waals surface area contributed by atoms with Gasteiger partial charge in [0, 0.05) is 27.2 Å². The molecule has 0 aliphatic rings. The van der Waals surface area contributed by atoms with Crippen LogP contribution in [0.2, 0.25) is 5.02 Å². The number of carbonyl (C=O) groups is 2. The predicted octanol–water partition coefficient (Wildman–Crippen LogP) is 6.42. The van der Waals surface area contributed by atoms with E-state index in [1.54, 1.807) is 44.4 Å². The quantitative estimate of drug-likeness (QED) is 0.197. The van der Waals surface area contributed by atoms with Crippen molar-refractivity contribution in [3.8, 4) is 11.8 Å². The lowest BCUT2D eigenvalue weighted by molar-refractivity contribution is -0.112. The number of amides is 1. The molecule has 3 rings (SSSR count). The first-order chi connectivity index (χ1) is 16.9. The molecule has 0 bridgehead atoms. The number of anilines is 1. The van der Waals surface area contributed by atoms with Crippen molar-refractivity contribution in [3.63, 3.8) is 0 Å².